The Kier molecular flexibility index (Phi) is 4.07. The molecule has 1 fully saturated rings. The number of ether oxygens (including phenoxy) is 2. The molecule has 98 valence electrons. The summed E-state index contributed by atoms with van der Waals surface area (Å²) in [5, 5.41) is 0. The zero-order chi connectivity index (χ0) is 13.0. The number of para-hydroxylation sites is 1. The molecule has 1 saturated heterocycles. The summed E-state index contributed by atoms with van der Waals surface area (Å²) in [6.45, 7) is 0.732. The van der Waals surface area contributed by atoms with Crippen molar-refractivity contribution in [1.82, 2.24) is 0 Å². The number of nitrogens with zero attached hydrogens (tertiary/aromatic N) is 1. The Morgan fingerprint density at radius 1 is 1.06 bits per heavy atom. The highest BCUT2D eigenvalue weighted by Crippen LogP contribution is 2.38. The molecule has 0 aliphatic carbocycles. The van der Waals surface area contributed by atoms with Gasteiger partial charge in [-0.2, -0.15) is 0 Å². The molecule has 0 spiro atoms. The fourth-order valence-corrected chi connectivity index (χ4v) is 2.32. The van der Waals surface area contributed by atoms with Crippen LogP contribution in [0, 0.1) is 0 Å². The van der Waals surface area contributed by atoms with Gasteiger partial charge in [0.15, 0.2) is 0 Å². The monoisotopic (exact) mass is 249 g/mol. The van der Waals surface area contributed by atoms with Crippen LogP contribution in [0.5, 0.6) is 11.5 Å². The van der Waals surface area contributed by atoms with Crippen LogP contribution in [0.15, 0.2) is 18.2 Å². The number of anilines is 1. The van der Waals surface area contributed by atoms with Crippen molar-refractivity contribution in [1.29, 1.82) is 0 Å². The number of methoxy groups -OCH3 is 2. The van der Waals surface area contributed by atoms with Gasteiger partial charge >= 0.3 is 0 Å². The molecule has 0 unspecified atom stereocenters. The summed E-state index contributed by atoms with van der Waals surface area (Å²) in [6, 6.07) is 5.58. The van der Waals surface area contributed by atoms with Gasteiger partial charge < -0.3 is 14.4 Å². The van der Waals surface area contributed by atoms with E-state index < -0.39 is 0 Å². The van der Waals surface area contributed by atoms with Crippen molar-refractivity contribution < 1.29 is 14.3 Å². The fourth-order valence-electron chi connectivity index (χ4n) is 2.32. The molecule has 0 aromatic heterocycles. The zero-order valence-electron chi connectivity index (χ0n) is 10.9. The molecule has 4 heteroatoms. The Hall–Kier alpha value is -1.71. The van der Waals surface area contributed by atoms with E-state index in [-0.39, 0.29) is 5.91 Å². The third-order valence-corrected chi connectivity index (χ3v) is 3.25. The van der Waals surface area contributed by atoms with Gasteiger partial charge in [0.25, 0.3) is 0 Å². The average molecular weight is 249 g/mol. The molecule has 4 nitrogen and oxygen atoms in total. The van der Waals surface area contributed by atoms with E-state index in [0.717, 1.165) is 31.5 Å². The number of benzene rings is 1. The molecular formula is C14H19NO3. The van der Waals surface area contributed by atoms with Crippen LogP contribution in [0.1, 0.15) is 25.7 Å². The van der Waals surface area contributed by atoms with Crippen LogP contribution in [-0.2, 0) is 4.79 Å². The van der Waals surface area contributed by atoms with Crippen molar-refractivity contribution in [3.8, 4) is 11.5 Å². The van der Waals surface area contributed by atoms with Gasteiger partial charge in [-0.25, -0.2) is 0 Å². The molecular weight excluding hydrogens is 230 g/mol. The Bertz CT molecular complexity index is 409. The van der Waals surface area contributed by atoms with Gasteiger partial charge in [-0.1, -0.05) is 12.5 Å². The van der Waals surface area contributed by atoms with E-state index in [4.69, 9.17) is 9.47 Å². The SMILES string of the molecule is COc1cccc(OC)c1N1CCCCCC1=O. The Balaban J connectivity index is 2.43. The largest absolute Gasteiger partial charge is 0.494 e. The van der Waals surface area contributed by atoms with Crippen molar-refractivity contribution in [3.05, 3.63) is 18.2 Å². The first-order valence-electron chi connectivity index (χ1n) is 6.29. The molecule has 18 heavy (non-hydrogen) atoms. The van der Waals surface area contributed by atoms with Crippen LogP contribution >= 0.6 is 0 Å². The quantitative estimate of drug-likeness (QED) is 0.826. The van der Waals surface area contributed by atoms with Crippen LogP contribution in [0.2, 0.25) is 0 Å². The van der Waals surface area contributed by atoms with Crippen molar-refractivity contribution in [2.75, 3.05) is 25.7 Å². The van der Waals surface area contributed by atoms with Crippen molar-refractivity contribution in [3.63, 3.8) is 0 Å². The number of rotatable bonds is 3. The molecule has 0 N–H and O–H groups in total. The summed E-state index contributed by atoms with van der Waals surface area (Å²) >= 11 is 0. The summed E-state index contributed by atoms with van der Waals surface area (Å²) in [4.78, 5) is 14.0. The minimum absolute atomic E-state index is 0.148. The maximum absolute atomic E-state index is 12.2. The predicted molar refractivity (Wildman–Crippen MR) is 70.4 cm³/mol. The van der Waals surface area contributed by atoms with Crippen molar-refractivity contribution in [2.45, 2.75) is 25.7 Å². The lowest BCUT2D eigenvalue weighted by Crippen LogP contribution is -2.30. The topological polar surface area (TPSA) is 38.8 Å². The molecule has 1 heterocycles. The van der Waals surface area contributed by atoms with Crippen LogP contribution in [0.4, 0.5) is 5.69 Å². The van der Waals surface area contributed by atoms with Gasteiger partial charge in [0.1, 0.15) is 17.2 Å². The third kappa shape index (κ3) is 2.42. The summed E-state index contributed by atoms with van der Waals surface area (Å²) in [6.07, 6.45) is 3.68. The van der Waals surface area contributed by atoms with Crippen LogP contribution < -0.4 is 14.4 Å². The van der Waals surface area contributed by atoms with Crippen LogP contribution in [0.25, 0.3) is 0 Å². The number of carbonyl (C=O) groups is 1. The number of hydrogen-bond acceptors (Lipinski definition) is 3. The maximum atomic E-state index is 12.2. The van der Waals surface area contributed by atoms with Crippen LogP contribution in [0.3, 0.4) is 0 Å². The Labute approximate surface area is 107 Å². The molecule has 2 rings (SSSR count). The molecule has 0 bridgehead atoms. The Morgan fingerprint density at radius 3 is 2.33 bits per heavy atom. The van der Waals surface area contributed by atoms with Crippen molar-refractivity contribution in [2.24, 2.45) is 0 Å². The van der Waals surface area contributed by atoms with E-state index in [9.17, 15) is 4.79 Å². The predicted octanol–water partition coefficient (Wildman–Crippen LogP) is 2.61. The van der Waals surface area contributed by atoms with Gasteiger partial charge in [-0.3, -0.25) is 4.79 Å². The lowest BCUT2D eigenvalue weighted by atomic mass is 10.2. The van der Waals surface area contributed by atoms with Gasteiger partial charge in [0.2, 0.25) is 5.91 Å². The van der Waals surface area contributed by atoms with Gasteiger partial charge in [0.05, 0.1) is 14.2 Å². The van der Waals surface area contributed by atoms with E-state index in [2.05, 4.69) is 0 Å². The summed E-state index contributed by atoms with van der Waals surface area (Å²) in [5.74, 6) is 1.52. The van der Waals surface area contributed by atoms with Crippen LogP contribution in [-0.4, -0.2) is 26.7 Å². The normalized spacial score (nSPS) is 16.3. The highest BCUT2D eigenvalue weighted by atomic mass is 16.5. The molecule has 0 radical (unpaired) electrons. The highest BCUT2D eigenvalue weighted by Gasteiger charge is 2.24. The van der Waals surface area contributed by atoms with E-state index in [1.807, 2.05) is 18.2 Å². The minimum Gasteiger partial charge on any atom is -0.494 e. The fraction of sp³-hybridized carbons (Fsp3) is 0.500. The molecule has 1 aromatic carbocycles. The lowest BCUT2D eigenvalue weighted by molar-refractivity contribution is -0.118. The van der Waals surface area contributed by atoms with E-state index in [1.165, 1.54) is 0 Å². The molecule has 1 amide bonds. The molecule has 1 aromatic rings. The highest BCUT2D eigenvalue weighted by molar-refractivity contribution is 5.96. The summed E-state index contributed by atoms with van der Waals surface area (Å²) < 4.78 is 10.7. The van der Waals surface area contributed by atoms with E-state index >= 15 is 0 Å². The maximum Gasteiger partial charge on any atom is 0.227 e. The van der Waals surface area contributed by atoms with Crippen molar-refractivity contribution >= 4 is 11.6 Å². The van der Waals surface area contributed by atoms with Gasteiger partial charge in [-0.05, 0) is 25.0 Å². The molecule has 1 aliphatic rings. The van der Waals surface area contributed by atoms with E-state index in [1.54, 1.807) is 19.1 Å². The number of hydrogen-bond donors (Lipinski definition) is 0. The first-order chi connectivity index (χ1) is 8.77. The van der Waals surface area contributed by atoms with Gasteiger partial charge in [0, 0.05) is 13.0 Å². The second-order valence-corrected chi connectivity index (χ2v) is 4.37. The molecule has 0 atom stereocenters. The van der Waals surface area contributed by atoms with E-state index in [0.29, 0.717) is 17.9 Å². The molecule has 0 saturated carbocycles. The smallest absolute Gasteiger partial charge is 0.227 e. The third-order valence-electron chi connectivity index (χ3n) is 3.25. The summed E-state index contributed by atoms with van der Waals surface area (Å²) in [7, 11) is 3.22. The van der Waals surface area contributed by atoms with Gasteiger partial charge in [-0.15, -0.1) is 0 Å². The average Bonchev–Trinajstić information content (AvgIpc) is 2.62. The second kappa shape index (κ2) is 5.76. The number of carbonyl (C=O) groups excluding carboxylic acids is 1. The zero-order valence-corrected chi connectivity index (χ0v) is 10.9. The molecule has 1 aliphatic heterocycles. The lowest BCUT2D eigenvalue weighted by Gasteiger charge is -2.24. The second-order valence-electron chi connectivity index (χ2n) is 4.37. The minimum atomic E-state index is 0.148. The Morgan fingerprint density at radius 2 is 1.72 bits per heavy atom. The standard InChI is InChI=1S/C14H19NO3/c1-17-11-7-6-8-12(18-2)14(11)15-10-5-3-4-9-13(15)16/h6-8H,3-5,9-10H2,1-2H3. The number of amides is 1. The first-order valence-corrected chi connectivity index (χ1v) is 6.29. The first kappa shape index (κ1) is 12.7. The summed E-state index contributed by atoms with van der Waals surface area (Å²) in [5.41, 5.74) is 0.759.